The summed E-state index contributed by atoms with van der Waals surface area (Å²) in [5.74, 6) is -0.154. The third-order valence-corrected chi connectivity index (χ3v) is 6.14. The van der Waals surface area contributed by atoms with Gasteiger partial charge in [0.25, 0.3) is 11.8 Å². The average Bonchev–Trinajstić information content (AvgIpc) is 2.83. The summed E-state index contributed by atoms with van der Waals surface area (Å²) in [4.78, 5) is 41.7. The van der Waals surface area contributed by atoms with Gasteiger partial charge in [0.15, 0.2) is 0 Å². The Kier molecular flexibility index (Phi) is 8.28. The molecule has 1 aliphatic rings. The molecule has 0 spiro atoms. The zero-order chi connectivity index (χ0) is 24.8. The third-order valence-electron chi connectivity index (χ3n) is 6.14. The zero-order valence-corrected chi connectivity index (χ0v) is 20.4. The molecule has 1 heterocycles. The predicted octanol–water partition coefficient (Wildman–Crippen LogP) is 3.29. The normalized spacial score (nSPS) is 21.6. The molecular formula is C26H33N3O5. The summed E-state index contributed by atoms with van der Waals surface area (Å²) in [7, 11) is 3.32. The van der Waals surface area contributed by atoms with E-state index in [1.807, 2.05) is 19.9 Å². The second-order valence-electron chi connectivity index (χ2n) is 8.80. The first-order valence-corrected chi connectivity index (χ1v) is 11.4. The summed E-state index contributed by atoms with van der Waals surface area (Å²) in [5.41, 5.74) is 1.34. The monoisotopic (exact) mass is 467 g/mol. The minimum absolute atomic E-state index is 0.00184. The van der Waals surface area contributed by atoms with Crippen LogP contribution in [0.2, 0.25) is 0 Å². The summed E-state index contributed by atoms with van der Waals surface area (Å²) in [6.45, 7) is 6.54. The van der Waals surface area contributed by atoms with Crippen molar-refractivity contribution >= 4 is 23.4 Å². The number of nitrogens with one attached hydrogen (secondary N) is 1. The van der Waals surface area contributed by atoms with E-state index in [0.29, 0.717) is 35.7 Å². The summed E-state index contributed by atoms with van der Waals surface area (Å²) < 4.78 is 11.7. The molecule has 8 nitrogen and oxygen atoms in total. The van der Waals surface area contributed by atoms with Crippen LogP contribution in [-0.2, 0) is 9.53 Å². The number of methoxy groups -OCH3 is 1. The van der Waals surface area contributed by atoms with Crippen molar-refractivity contribution in [2.24, 2.45) is 5.92 Å². The summed E-state index contributed by atoms with van der Waals surface area (Å²) >= 11 is 0. The highest BCUT2D eigenvalue weighted by Crippen LogP contribution is 2.26. The van der Waals surface area contributed by atoms with E-state index in [0.717, 1.165) is 0 Å². The van der Waals surface area contributed by atoms with Crippen molar-refractivity contribution in [1.29, 1.82) is 0 Å². The van der Waals surface area contributed by atoms with Crippen molar-refractivity contribution in [1.82, 2.24) is 9.80 Å². The number of hydrogen-bond donors (Lipinski definition) is 1. The van der Waals surface area contributed by atoms with Crippen molar-refractivity contribution in [3.8, 4) is 5.75 Å². The highest BCUT2D eigenvalue weighted by molar-refractivity contribution is 6.05. The van der Waals surface area contributed by atoms with Crippen molar-refractivity contribution in [2.45, 2.75) is 32.9 Å². The van der Waals surface area contributed by atoms with Gasteiger partial charge in [-0.3, -0.25) is 14.4 Å². The second kappa shape index (κ2) is 11.2. The third kappa shape index (κ3) is 5.94. The number of anilines is 1. The fourth-order valence-electron chi connectivity index (χ4n) is 4.09. The van der Waals surface area contributed by atoms with Gasteiger partial charge in [-0.1, -0.05) is 25.1 Å². The molecule has 0 saturated heterocycles. The van der Waals surface area contributed by atoms with Crippen molar-refractivity contribution < 1.29 is 23.9 Å². The van der Waals surface area contributed by atoms with Crippen LogP contribution in [0.4, 0.5) is 5.69 Å². The number of hydrogen-bond acceptors (Lipinski definition) is 5. The lowest BCUT2D eigenvalue weighted by molar-refractivity contribution is -0.133. The van der Waals surface area contributed by atoms with Gasteiger partial charge in [0, 0.05) is 51.3 Å². The molecule has 0 saturated carbocycles. The fourth-order valence-corrected chi connectivity index (χ4v) is 4.09. The van der Waals surface area contributed by atoms with E-state index >= 15 is 0 Å². The first-order valence-electron chi connectivity index (χ1n) is 11.4. The molecular weight excluding hydrogens is 434 g/mol. The van der Waals surface area contributed by atoms with Crippen LogP contribution in [-0.4, -0.2) is 73.5 Å². The molecule has 8 heteroatoms. The van der Waals surface area contributed by atoms with E-state index in [1.165, 1.54) is 0 Å². The van der Waals surface area contributed by atoms with E-state index < -0.39 is 0 Å². The van der Waals surface area contributed by atoms with Crippen molar-refractivity contribution in [3.63, 3.8) is 0 Å². The Morgan fingerprint density at radius 1 is 1.09 bits per heavy atom. The molecule has 0 fully saturated rings. The molecule has 2 aromatic carbocycles. The molecule has 3 amide bonds. The highest BCUT2D eigenvalue weighted by Gasteiger charge is 2.29. The second-order valence-corrected chi connectivity index (χ2v) is 8.80. The van der Waals surface area contributed by atoms with E-state index in [9.17, 15) is 14.4 Å². The number of amides is 3. The molecule has 1 N–H and O–H groups in total. The van der Waals surface area contributed by atoms with E-state index in [4.69, 9.17) is 9.47 Å². The van der Waals surface area contributed by atoms with E-state index in [-0.39, 0.29) is 42.4 Å². The Morgan fingerprint density at radius 3 is 2.44 bits per heavy atom. The molecule has 1 aliphatic heterocycles. The molecule has 0 radical (unpaired) electrons. The number of fused-ring (bicyclic) bond motifs is 1. The van der Waals surface area contributed by atoms with Crippen molar-refractivity contribution in [2.75, 3.05) is 39.2 Å². The standard InChI is InChI=1S/C26H33N3O5/c1-17-14-29(19(3)30)18(2)16-34-23-12-11-21(27-25(31)20-9-7-6-8-10-20)13-22(23)26(32)28(4)15-24(17)33-5/h6-13,17-18,24H,14-16H2,1-5H3,(H,27,31)/t17-,18-,24-/m0/s1. The molecule has 3 atom stereocenters. The van der Waals surface area contributed by atoms with Crippen LogP contribution in [0, 0.1) is 5.92 Å². The molecule has 2 aromatic rings. The van der Waals surface area contributed by atoms with Crippen LogP contribution >= 0.6 is 0 Å². The Balaban J connectivity index is 1.94. The van der Waals surface area contributed by atoms with Gasteiger partial charge in [-0.05, 0) is 37.3 Å². The number of rotatable bonds is 3. The Hall–Kier alpha value is -3.39. The first-order chi connectivity index (χ1) is 16.2. The summed E-state index contributed by atoms with van der Waals surface area (Å²) in [6.07, 6.45) is -0.257. The van der Waals surface area contributed by atoms with Gasteiger partial charge in [-0.25, -0.2) is 0 Å². The van der Waals surface area contributed by atoms with Gasteiger partial charge >= 0.3 is 0 Å². The quantitative estimate of drug-likeness (QED) is 0.748. The molecule has 0 bridgehead atoms. The number of carbonyl (C=O) groups excluding carboxylic acids is 3. The SMILES string of the molecule is CO[C@H]1CN(C)C(=O)c2cc(NC(=O)c3ccccc3)ccc2OC[C@H](C)N(C(C)=O)C[C@@H]1C. The van der Waals surface area contributed by atoms with Gasteiger partial charge in [-0.2, -0.15) is 0 Å². The molecule has 0 aromatic heterocycles. The first kappa shape index (κ1) is 25.2. The van der Waals surface area contributed by atoms with Gasteiger partial charge in [0.2, 0.25) is 5.91 Å². The van der Waals surface area contributed by atoms with Crippen LogP contribution in [0.3, 0.4) is 0 Å². The molecule has 0 aliphatic carbocycles. The lowest BCUT2D eigenvalue weighted by atomic mass is 10.0. The largest absolute Gasteiger partial charge is 0.491 e. The van der Waals surface area contributed by atoms with E-state index in [2.05, 4.69) is 5.32 Å². The molecule has 34 heavy (non-hydrogen) atoms. The number of carbonyl (C=O) groups is 3. The van der Waals surface area contributed by atoms with Gasteiger partial charge < -0.3 is 24.6 Å². The maximum absolute atomic E-state index is 13.4. The minimum atomic E-state index is -0.269. The van der Waals surface area contributed by atoms with Crippen LogP contribution in [0.5, 0.6) is 5.75 Å². The Bertz CT molecular complexity index is 1030. The van der Waals surface area contributed by atoms with Gasteiger partial charge in [-0.15, -0.1) is 0 Å². The molecule has 182 valence electrons. The Morgan fingerprint density at radius 2 is 1.79 bits per heavy atom. The fraction of sp³-hybridized carbons (Fsp3) is 0.423. The Labute approximate surface area is 200 Å². The maximum atomic E-state index is 13.4. The van der Waals surface area contributed by atoms with Gasteiger partial charge in [0.1, 0.15) is 12.4 Å². The zero-order valence-electron chi connectivity index (χ0n) is 20.4. The number of ether oxygens (including phenoxy) is 2. The smallest absolute Gasteiger partial charge is 0.257 e. The predicted molar refractivity (Wildman–Crippen MR) is 130 cm³/mol. The number of benzene rings is 2. The summed E-state index contributed by atoms with van der Waals surface area (Å²) in [6, 6.07) is 13.7. The van der Waals surface area contributed by atoms with Crippen LogP contribution in [0.15, 0.2) is 48.5 Å². The maximum Gasteiger partial charge on any atom is 0.257 e. The number of nitrogens with zero attached hydrogens (tertiary/aromatic N) is 2. The van der Waals surface area contributed by atoms with Crippen molar-refractivity contribution in [3.05, 3.63) is 59.7 Å². The molecule has 0 unspecified atom stereocenters. The average molecular weight is 468 g/mol. The lowest BCUT2D eigenvalue weighted by Gasteiger charge is -2.35. The minimum Gasteiger partial charge on any atom is -0.491 e. The molecule has 3 rings (SSSR count). The number of likely N-dealkylation sites (N-methyl/N-ethyl adjacent to an activating group) is 1. The lowest BCUT2D eigenvalue weighted by Crippen LogP contribution is -2.48. The van der Waals surface area contributed by atoms with Crippen LogP contribution in [0.25, 0.3) is 0 Å². The summed E-state index contributed by atoms with van der Waals surface area (Å²) in [5, 5.41) is 2.85. The van der Waals surface area contributed by atoms with Gasteiger partial charge in [0.05, 0.1) is 17.7 Å². The topological polar surface area (TPSA) is 88.2 Å². The highest BCUT2D eigenvalue weighted by atomic mass is 16.5. The van der Waals surface area contributed by atoms with Crippen LogP contribution < -0.4 is 10.1 Å². The van der Waals surface area contributed by atoms with Crippen LogP contribution in [0.1, 0.15) is 41.5 Å². The van der Waals surface area contributed by atoms with E-state index in [1.54, 1.807) is 73.3 Å².